The fourth-order valence-corrected chi connectivity index (χ4v) is 5.06. The summed E-state index contributed by atoms with van der Waals surface area (Å²) in [5.74, 6) is 0.605. The molecule has 0 radical (unpaired) electrons. The highest BCUT2D eigenvalue weighted by atomic mass is 16.1. The van der Waals surface area contributed by atoms with Gasteiger partial charge >= 0.3 is 0 Å². The average Bonchev–Trinajstić information content (AvgIpc) is 2.71. The summed E-state index contributed by atoms with van der Waals surface area (Å²) in [4.78, 5) is 17.0. The zero-order valence-corrected chi connectivity index (χ0v) is 18.4. The second kappa shape index (κ2) is 8.22. The van der Waals surface area contributed by atoms with E-state index in [1.165, 1.54) is 36.8 Å². The van der Waals surface area contributed by atoms with E-state index < -0.39 is 0 Å². The number of fused-ring (bicyclic) bond motifs is 2. The number of hydrogen-bond acceptors (Lipinski definition) is 2. The topological polar surface area (TPSA) is 34.9 Å². The summed E-state index contributed by atoms with van der Waals surface area (Å²) in [5, 5.41) is 0. The number of rotatable bonds is 5. The van der Waals surface area contributed by atoms with E-state index in [2.05, 4.69) is 49.0 Å². The summed E-state index contributed by atoms with van der Waals surface area (Å²) in [7, 11) is 0. The van der Waals surface area contributed by atoms with Gasteiger partial charge in [0, 0.05) is 6.54 Å². The largest absolute Gasteiger partial charge is 0.334 e. The molecule has 1 aromatic rings. The maximum atomic E-state index is 12.4. The van der Waals surface area contributed by atoms with Crippen molar-refractivity contribution >= 4 is 11.0 Å². The predicted molar refractivity (Wildman–Crippen MR) is 126 cm³/mol. The molecule has 3 heteroatoms. The van der Waals surface area contributed by atoms with Crippen LogP contribution in [0.1, 0.15) is 52.9 Å². The van der Waals surface area contributed by atoms with Gasteiger partial charge in [-0.3, -0.25) is 4.79 Å². The van der Waals surface area contributed by atoms with Crippen LogP contribution in [0.5, 0.6) is 0 Å². The van der Waals surface area contributed by atoms with E-state index in [1.807, 2.05) is 30.3 Å². The maximum Gasteiger partial charge on any atom is 0.206 e. The molecule has 0 aromatic heterocycles. The Morgan fingerprint density at radius 1 is 1.23 bits per heavy atom. The van der Waals surface area contributed by atoms with Crippen LogP contribution in [0.3, 0.4) is 0 Å². The van der Waals surface area contributed by atoms with Crippen molar-refractivity contribution < 1.29 is 0 Å². The number of nitrogens with zero attached hydrogens (tertiary/aromatic N) is 2. The number of hydrogen-bond donors (Lipinski definition) is 0. The molecule has 1 heterocycles. The average molecular weight is 401 g/mol. The summed E-state index contributed by atoms with van der Waals surface area (Å²) in [5.41, 5.74) is 6.51. The van der Waals surface area contributed by atoms with E-state index >= 15 is 0 Å². The maximum absolute atomic E-state index is 12.4. The molecule has 3 aliphatic rings. The Labute approximate surface area is 179 Å². The first-order chi connectivity index (χ1) is 14.4. The van der Waals surface area contributed by atoms with Gasteiger partial charge in [-0.2, -0.15) is 0 Å². The molecule has 30 heavy (non-hydrogen) atoms. The Morgan fingerprint density at radius 3 is 2.83 bits per heavy atom. The molecule has 1 fully saturated rings. The third kappa shape index (κ3) is 3.98. The zero-order chi connectivity index (χ0) is 21.3. The van der Waals surface area contributed by atoms with Gasteiger partial charge in [-0.15, -0.1) is 0 Å². The highest BCUT2D eigenvalue weighted by molar-refractivity contribution is 5.80. The van der Waals surface area contributed by atoms with Crippen LogP contribution in [0.2, 0.25) is 0 Å². The third-order valence-electron chi connectivity index (χ3n) is 6.88. The number of benzene rings is 2. The van der Waals surface area contributed by atoms with Gasteiger partial charge < -0.3 is 4.57 Å². The molecule has 0 bridgehead atoms. The van der Waals surface area contributed by atoms with E-state index in [-0.39, 0.29) is 5.43 Å². The normalized spacial score (nSPS) is 19.5. The summed E-state index contributed by atoms with van der Waals surface area (Å²) in [6.45, 7) is 12.1. The van der Waals surface area contributed by atoms with Crippen LogP contribution in [-0.2, 0) is 6.54 Å². The first kappa shape index (κ1) is 20.6. The van der Waals surface area contributed by atoms with Crippen LogP contribution in [0.15, 0.2) is 71.1 Å². The number of allylic oxidation sites excluding steroid dienone is 3. The molecule has 0 spiro atoms. The zero-order valence-electron chi connectivity index (χ0n) is 18.4. The highest BCUT2D eigenvalue weighted by Gasteiger charge is 2.33. The summed E-state index contributed by atoms with van der Waals surface area (Å²) >= 11 is 0. The van der Waals surface area contributed by atoms with Crippen LogP contribution in [0.4, 0.5) is 0 Å². The van der Waals surface area contributed by atoms with Gasteiger partial charge in [0.25, 0.3) is 0 Å². The lowest BCUT2D eigenvalue weighted by atomic mass is 9.65. The molecule has 1 aromatic carbocycles. The van der Waals surface area contributed by atoms with Crippen molar-refractivity contribution in [3.8, 4) is 11.4 Å². The first-order valence-corrected chi connectivity index (χ1v) is 11.1. The number of aromatic nitrogens is 2. The molecule has 0 amide bonds. The van der Waals surface area contributed by atoms with Crippen molar-refractivity contribution in [2.75, 3.05) is 0 Å². The molecule has 1 atom stereocenters. The van der Waals surface area contributed by atoms with Gasteiger partial charge in [-0.05, 0) is 74.6 Å². The van der Waals surface area contributed by atoms with Gasteiger partial charge in [-0.25, -0.2) is 4.98 Å². The monoisotopic (exact) mass is 400 g/mol. The van der Waals surface area contributed by atoms with Crippen molar-refractivity contribution in [3.05, 3.63) is 76.5 Å². The lowest BCUT2D eigenvalue weighted by Gasteiger charge is -2.40. The minimum Gasteiger partial charge on any atom is -0.334 e. The molecule has 4 rings (SSSR count). The van der Waals surface area contributed by atoms with E-state index in [0.29, 0.717) is 17.0 Å². The molecule has 1 saturated carbocycles. The van der Waals surface area contributed by atoms with Gasteiger partial charge in [-0.1, -0.05) is 55.8 Å². The van der Waals surface area contributed by atoms with Crippen LogP contribution in [0.25, 0.3) is 22.4 Å². The molecular weight excluding hydrogens is 368 g/mol. The van der Waals surface area contributed by atoms with Crippen molar-refractivity contribution in [2.24, 2.45) is 11.3 Å². The molecule has 2 aliphatic carbocycles. The number of para-hydroxylation sites is 3. The molecule has 0 saturated heterocycles. The van der Waals surface area contributed by atoms with Crippen molar-refractivity contribution in [1.82, 2.24) is 9.55 Å². The van der Waals surface area contributed by atoms with E-state index in [0.717, 1.165) is 29.7 Å². The van der Waals surface area contributed by atoms with Crippen LogP contribution < -0.4 is 5.43 Å². The van der Waals surface area contributed by atoms with Crippen molar-refractivity contribution in [3.63, 3.8) is 0 Å². The molecule has 0 N–H and O–H groups in total. The van der Waals surface area contributed by atoms with E-state index in [1.54, 1.807) is 6.07 Å². The lowest BCUT2D eigenvalue weighted by molar-refractivity contribution is 0.180. The molecule has 156 valence electrons. The van der Waals surface area contributed by atoms with Crippen LogP contribution in [-0.4, -0.2) is 9.55 Å². The van der Waals surface area contributed by atoms with Gasteiger partial charge in [0.05, 0.1) is 16.7 Å². The minimum absolute atomic E-state index is 0.0225. The smallest absolute Gasteiger partial charge is 0.206 e. The second-order valence-corrected chi connectivity index (χ2v) is 9.48. The Morgan fingerprint density at radius 2 is 2.03 bits per heavy atom. The predicted octanol–water partition coefficient (Wildman–Crippen LogP) is 6.61. The standard InChI is InChI=1S/C27H32N2O/c1-19(14-15-21-20(2)9-8-17-27(21,3)4)16-18-29-23-11-6-5-10-22(23)28-26-24(29)12-7-13-25(26)30/h5-7,10-13,16,21H,2,8-9,14-15,17-18H2,1,3-4H3/b19-16-/t21-/m0/s1. The highest BCUT2D eigenvalue weighted by Crippen LogP contribution is 2.45. The summed E-state index contributed by atoms with van der Waals surface area (Å²) in [6.07, 6.45) is 8.31. The summed E-state index contributed by atoms with van der Waals surface area (Å²) < 4.78 is 2.21. The lowest BCUT2D eigenvalue weighted by Crippen LogP contribution is -2.29. The fourth-order valence-electron chi connectivity index (χ4n) is 5.06. The first-order valence-electron chi connectivity index (χ1n) is 11.1. The Bertz CT molecular complexity index is 1140. The van der Waals surface area contributed by atoms with E-state index in [4.69, 9.17) is 0 Å². The molecule has 0 unspecified atom stereocenters. The fraction of sp³-hybridized carbons (Fsp3) is 0.407. The van der Waals surface area contributed by atoms with Crippen LogP contribution in [0, 0.1) is 11.3 Å². The van der Waals surface area contributed by atoms with Gasteiger partial charge in [0.2, 0.25) is 5.43 Å². The Kier molecular flexibility index (Phi) is 5.64. The molecular formula is C27H32N2O. The summed E-state index contributed by atoms with van der Waals surface area (Å²) in [6, 6.07) is 13.5. The quantitative estimate of drug-likeness (QED) is 0.357. The molecule has 3 nitrogen and oxygen atoms in total. The Hall–Kier alpha value is -2.68. The van der Waals surface area contributed by atoms with Crippen LogP contribution >= 0.6 is 0 Å². The van der Waals surface area contributed by atoms with Gasteiger partial charge in [0.1, 0.15) is 5.69 Å². The van der Waals surface area contributed by atoms with E-state index in [9.17, 15) is 4.79 Å². The second-order valence-electron chi connectivity index (χ2n) is 9.48. The minimum atomic E-state index is -0.0225. The third-order valence-corrected chi connectivity index (χ3v) is 6.88. The van der Waals surface area contributed by atoms with Crippen molar-refractivity contribution in [2.45, 2.75) is 59.4 Å². The SMILES string of the molecule is C=C1CCCC(C)(C)[C@H]1CC/C(C)=C\Cn1c2cccc(=O)c-2nc2ccccc21. The van der Waals surface area contributed by atoms with Crippen molar-refractivity contribution in [1.29, 1.82) is 0 Å². The molecule has 1 aliphatic heterocycles. The Balaban J connectivity index is 1.59. The van der Waals surface area contributed by atoms with Gasteiger partial charge in [0.15, 0.2) is 0 Å².